The maximum atomic E-state index is 11.0. The van der Waals surface area contributed by atoms with Crippen molar-refractivity contribution in [2.24, 2.45) is 0 Å². The molecule has 0 radical (unpaired) electrons. The standard InChI is InChI=1S/C8H10N4O5/c13-4-1-5(8(14)15)11(3-4)6-2-9-10-7(6)12(16)17/h2,4-5,13H,1,3H2,(H,9,10)(H,14,15). The maximum Gasteiger partial charge on any atom is 0.366 e. The van der Waals surface area contributed by atoms with Crippen molar-refractivity contribution in [3.63, 3.8) is 0 Å². The van der Waals surface area contributed by atoms with Crippen LogP contribution in [0.5, 0.6) is 0 Å². The van der Waals surface area contributed by atoms with Crippen molar-refractivity contribution in [3.8, 4) is 0 Å². The van der Waals surface area contributed by atoms with E-state index >= 15 is 0 Å². The second-order valence-electron chi connectivity index (χ2n) is 3.76. The first-order valence-electron chi connectivity index (χ1n) is 4.86. The van der Waals surface area contributed by atoms with Gasteiger partial charge in [0.15, 0.2) is 5.69 Å². The summed E-state index contributed by atoms with van der Waals surface area (Å²) in [5.41, 5.74) is 0.0824. The highest BCUT2D eigenvalue weighted by molar-refractivity contribution is 5.80. The predicted molar refractivity (Wildman–Crippen MR) is 54.6 cm³/mol. The number of nitrogens with one attached hydrogen (secondary N) is 1. The number of hydrogen-bond acceptors (Lipinski definition) is 6. The molecule has 0 spiro atoms. The summed E-state index contributed by atoms with van der Waals surface area (Å²) in [6.07, 6.45) is 0.412. The molecule has 1 aromatic heterocycles. The van der Waals surface area contributed by atoms with Gasteiger partial charge in [0.25, 0.3) is 0 Å². The van der Waals surface area contributed by atoms with Gasteiger partial charge in [-0.15, -0.1) is 5.10 Å². The Labute approximate surface area is 94.8 Å². The van der Waals surface area contributed by atoms with E-state index in [4.69, 9.17) is 5.11 Å². The van der Waals surface area contributed by atoms with Gasteiger partial charge in [-0.3, -0.25) is 0 Å². The van der Waals surface area contributed by atoms with Crippen molar-refractivity contribution in [1.29, 1.82) is 0 Å². The zero-order valence-electron chi connectivity index (χ0n) is 8.61. The molecule has 0 aromatic carbocycles. The predicted octanol–water partition coefficient (Wildman–Crippen LogP) is -0.658. The zero-order chi connectivity index (χ0) is 12.6. The summed E-state index contributed by atoms with van der Waals surface area (Å²) in [5, 5.41) is 34.8. The molecular weight excluding hydrogens is 232 g/mol. The van der Waals surface area contributed by atoms with Crippen LogP contribution in [0.4, 0.5) is 11.5 Å². The second-order valence-corrected chi connectivity index (χ2v) is 3.76. The first-order valence-corrected chi connectivity index (χ1v) is 4.86. The van der Waals surface area contributed by atoms with E-state index in [0.717, 1.165) is 0 Å². The van der Waals surface area contributed by atoms with Gasteiger partial charge in [0.1, 0.15) is 12.2 Å². The van der Waals surface area contributed by atoms with Crippen molar-refractivity contribution in [1.82, 2.24) is 10.2 Å². The van der Waals surface area contributed by atoms with Crippen LogP contribution in [0.2, 0.25) is 0 Å². The van der Waals surface area contributed by atoms with Crippen LogP contribution in [0.25, 0.3) is 0 Å². The van der Waals surface area contributed by atoms with Gasteiger partial charge in [0.05, 0.1) is 6.10 Å². The lowest BCUT2D eigenvalue weighted by Crippen LogP contribution is -2.36. The molecule has 0 amide bonds. The number of anilines is 1. The van der Waals surface area contributed by atoms with E-state index < -0.39 is 23.0 Å². The third-order valence-corrected chi connectivity index (χ3v) is 2.66. The number of hydrogen-bond donors (Lipinski definition) is 3. The Morgan fingerprint density at radius 3 is 3.00 bits per heavy atom. The van der Waals surface area contributed by atoms with Gasteiger partial charge in [-0.1, -0.05) is 5.10 Å². The van der Waals surface area contributed by atoms with Gasteiger partial charge in [-0.2, -0.15) is 0 Å². The number of carbonyl (C=O) groups is 1. The minimum absolute atomic E-state index is 0.0390. The summed E-state index contributed by atoms with van der Waals surface area (Å²) in [5.74, 6) is -1.50. The normalized spacial score (nSPS) is 23.9. The maximum absolute atomic E-state index is 11.0. The van der Waals surface area contributed by atoms with Crippen LogP contribution < -0.4 is 4.90 Å². The Morgan fingerprint density at radius 1 is 1.71 bits per heavy atom. The number of carboxylic acids is 1. The molecule has 9 heteroatoms. The number of aliphatic hydroxyl groups is 1. The highest BCUT2D eigenvalue weighted by atomic mass is 16.6. The van der Waals surface area contributed by atoms with Crippen LogP contribution in [0, 0.1) is 10.1 Å². The molecule has 1 fully saturated rings. The van der Waals surface area contributed by atoms with Gasteiger partial charge >= 0.3 is 11.8 Å². The topological polar surface area (TPSA) is 133 Å². The summed E-state index contributed by atoms with van der Waals surface area (Å²) < 4.78 is 0. The Bertz CT molecular complexity index is 459. The third kappa shape index (κ3) is 1.91. The van der Waals surface area contributed by atoms with Gasteiger partial charge in [0.2, 0.25) is 0 Å². The zero-order valence-corrected chi connectivity index (χ0v) is 8.61. The van der Waals surface area contributed by atoms with E-state index in [2.05, 4.69) is 10.2 Å². The molecule has 1 aliphatic heterocycles. The van der Waals surface area contributed by atoms with Crippen molar-refractivity contribution >= 4 is 17.5 Å². The first kappa shape index (κ1) is 11.3. The molecule has 0 saturated carbocycles. The number of aliphatic carboxylic acids is 1. The molecule has 1 saturated heterocycles. The number of aromatic nitrogens is 2. The minimum Gasteiger partial charge on any atom is -0.480 e. The number of carboxylic acid groups (broad SMARTS) is 1. The molecule has 0 aliphatic carbocycles. The van der Waals surface area contributed by atoms with E-state index in [0.29, 0.717) is 0 Å². The lowest BCUT2D eigenvalue weighted by atomic mass is 10.2. The summed E-state index contributed by atoms with van der Waals surface area (Å²) >= 11 is 0. The number of aliphatic hydroxyl groups excluding tert-OH is 1. The number of aromatic amines is 1. The Balaban J connectivity index is 2.35. The van der Waals surface area contributed by atoms with E-state index in [-0.39, 0.29) is 24.5 Å². The van der Waals surface area contributed by atoms with E-state index in [1.807, 2.05) is 0 Å². The Kier molecular flexibility index (Phi) is 2.68. The number of nitrogens with zero attached hydrogens (tertiary/aromatic N) is 3. The van der Waals surface area contributed by atoms with Crippen molar-refractivity contribution in [2.75, 3.05) is 11.4 Å². The van der Waals surface area contributed by atoms with Crippen LogP contribution in [-0.2, 0) is 4.79 Å². The molecule has 2 atom stereocenters. The van der Waals surface area contributed by atoms with Crippen LogP contribution in [0.3, 0.4) is 0 Å². The SMILES string of the molecule is O=C(O)C1CC(O)CN1c1cn[nH]c1[N+](=O)[O-]. The summed E-state index contributed by atoms with van der Waals surface area (Å²) in [7, 11) is 0. The van der Waals surface area contributed by atoms with E-state index in [1.165, 1.54) is 11.1 Å². The van der Waals surface area contributed by atoms with Gasteiger partial charge in [-0.25, -0.2) is 4.79 Å². The molecule has 1 aromatic rings. The minimum atomic E-state index is -1.13. The molecule has 3 N–H and O–H groups in total. The van der Waals surface area contributed by atoms with E-state index in [1.54, 1.807) is 0 Å². The fourth-order valence-electron chi connectivity index (χ4n) is 1.93. The van der Waals surface area contributed by atoms with Crippen LogP contribution in [0.1, 0.15) is 6.42 Å². The molecular formula is C8H10N4O5. The number of β-amino-alcohol motifs (C(OH)–C–C–N with tert-alkyl or cyclic N) is 1. The lowest BCUT2D eigenvalue weighted by Gasteiger charge is -2.20. The Morgan fingerprint density at radius 2 is 2.41 bits per heavy atom. The van der Waals surface area contributed by atoms with Gasteiger partial charge in [-0.05, 0) is 4.92 Å². The first-order chi connectivity index (χ1) is 8.00. The smallest absolute Gasteiger partial charge is 0.366 e. The molecule has 2 rings (SSSR count). The molecule has 2 unspecified atom stereocenters. The molecule has 2 heterocycles. The monoisotopic (exact) mass is 242 g/mol. The molecule has 1 aliphatic rings. The molecule has 17 heavy (non-hydrogen) atoms. The summed E-state index contributed by atoms with van der Waals surface area (Å²) in [6, 6.07) is -0.971. The highest BCUT2D eigenvalue weighted by Crippen LogP contribution is 2.31. The fourth-order valence-corrected chi connectivity index (χ4v) is 1.93. The average Bonchev–Trinajstić information content (AvgIpc) is 2.82. The Hall–Kier alpha value is -2.16. The quantitative estimate of drug-likeness (QED) is 0.473. The lowest BCUT2D eigenvalue weighted by molar-refractivity contribution is -0.388. The van der Waals surface area contributed by atoms with Crippen LogP contribution >= 0.6 is 0 Å². The van der Waals surface area contributed by atoms with Crippen molar-refractivity contribution in [2.45, 2.75) is 18.6 Å². The number of H-pyrrole nitrogens is 1. The van der Waals surface area contributed by atoms with E-state index in [9.17, 15) is 20.0 Å². The number of nitro groups is 1. The molecule has 9 nitrogen and oxygen atoms in total. The van der Waals surface area contributed by atoms with Gasteiger partial charge < -0.3 is 25.2 Å². The highest BCUT2D eigenvalue weighted by Gasteiger charge is 2.39. The summed E-state index contributed by atoms with van der Waals surface area (Å²) in [6.45, 7) is 0.0390. The van der Waals surface area contributed by atoms with Crippen molar-refractivity contribution in [3.05, 3.63) is 16.3 Å². The van der Waals surface area contributed by atoms with Crippen LogP contribution in [0.15, 0.2) is 6.20 Å². The third-order valence-electron chi connectivity index (χ3n) is 2.66. The molecule has 0 bridgehead atoms. The van der Waals surface area contributed by atoms with Crippen LogP contribution in [-0.4, -0.2) is 50.0 Å². The number of rotatable bonds is 3. The van der Waals surface area contributed by atoms with Crippen molar-refractivity contribution < 1.29 is 19.9 Å². The fraction of sp³-hybridized carbons (Fsp3) is 0.500. The largest absolute Gasteiger partial charge is 0.480 e. The second kappa shape index (κ2) is 4.01. The average molecular weight is 242 g/mol. The molecule has 92 valence electrons. The summed E-state index contributed by atoms with van der Waals surface area (Å²) in [4.78, 5) is 22.3. The van der Waals surface area contributed by atoms with Gasteiger partial charge in [0, 0.05) is 13.0 Å².